The lowest BCUT2D eigenvalue weighted by atomic mass is 10.1. The molecule has 0 saturated carbocycles. The van der Waals surface area contributed by atoms with E-state index in [2.05, 4.69) is 5.32 Å². The summed E-state index contributed by atoms with van der Waals surface area (Å²) < 4.78 is 5.60. The van der Waals surface area contributed by atoms with Crippen molar-refractivity contribution < 1.29 is 19.7 Å². The molecular formula is C21H27NO4. The molecule has 0 aliphatic carbocycles. The Hall–Kier alpha value is -2.37. The van der Waals surface area contributed by atoms with E-state index in [9.17, 15) is 9.90 Å². The number of aliphatic hydroxyl groups is 1. The van der Waals surface area contributed by atoms with Crippen LogP contribution in [0.2, 0.25) is 0 Å². The number of phenolic OH excluding ortho intramolecular Hbond substituents is 1. The average molecular weight is 357 g/mol. The lowest BCUT2D eigenvalue weighted by Gasteiger charge is -2.21. The zero-order valence-electron chi connectivity index (χ0n) is 15.1. The molecule has 140 valence electrons. The lowest BCUT2D eigenvalue weighted by molar-refractivity contribution is -0.122. The molecule has 0 aliphatic rings. The number of carbonyl (C=O) groups is 1. The SMILES string of the molecule is C[C@H](CO)OC[C@@H](Cc1ccc(O)cc1)NC(=O)CCc1ccccc1. The number of ether oxygens (including phenoxy) is 1. The fraction of sp³-hybridized carbons (Fsp3) is 0.381. The largest absolute Gasteiger partial charge is 0.508 e. The topological polar surface area (TPSA) is 78.8 Å². The van der Waals surface area contributed by atoms with E-state index in [0.717, 1.165) is 11.1 Å². The van der Waals surface area contributed by atoms with Gasteiger partial charge in [0.05, 0.1) is 25.4 Å². The number of phenols is 1. The zero-order valence-corrected chi connectivity index (χ0v) is 15.1. The molecule has 0 bridgehead atoms. The Labute approximate surface area is 154 Å². The fourth-order valence-corrected chi connectivity index (χ4v) is 2.60. The Balaban J connectivity index is 1.91. The van der Waals surface area contributed by atoms with Gasteiger partial charge in [-0.1, -0.05) is 42.5 Å². The number of benzene rings is 2. The quantitative estimate of drug-likeness (QED) is 0.610. The highest BCUT2D eigenvalue weighted by Crippen LogP contribution is 2.12. The normalized spacial score (nSPS) is 13.2. The number of carbonyl (C=O) groups excluding carboxylic acids is 1. The van der Waals surface area contributed by atoms with E-state index < -0.39 is 0 Å². The molecule has 0 saturated heterocycles. The van der Waals surface area contributed by atoms with Crippen LogP contribution in [0.3, 0.4) is 0 Å². The van der Waals surface area contributed by atoms with Gasteiger partial charge in [-0.3, -0.25) is 4.79 Å². The van der Waals surface area contributed by atoms with Gasteiger partial charge >= 0.3 is 0 Å². The van der Waals surface area contributed by atoms with Gasteiger partial charge in [-0.25, -0.2) is 0 Å². The maximum Gasteiger partial charge on any atom is 0.220 e. The lowest BCUT2D eigenvalue weighted by Crippen LogP contribution is -2.41. The van der Waals surface area contributed by atoms with Crippen molar-refractivity contribution in [3.8, 4) is 5.75 Å². The Bertz CT molecular complexity index is 657. The minimum absolute atomic E-state index is 0.0297. The number of aryl methyl sites for hydroxylation is 1. The van der Waals surface area contributed by atoms with Crippen LogP contribution >= 0.6 is 0 Å². The van der Waals surface area contributed by atoms with Crippen molar-refractivity contribution in [2.75, 3.05) is 13.2 Å². The molecule has 0 aliphatic heterocycles. The predicted molar refractivity (Wildman–Crippen MR) is 101 cm³/mol. The summed E-state index contributed by atoms with van der Waals surface area (Å²) >= 11 is 0. The van der Waals surface area contributed by atoms with Crippen LogP contribution in [0.1, 0.15) is 24.5 Å². The zero-order chi connectivity index (χ0) is 18.8. The second-order valence-corrected chi connectivity index (χ2v) is 6.45. The van der Waals surface area contributed by atoms with Crippen LogP contribution in [0.15, 0.2) is 54.6 Å². The Morgan fingerprint density at radius 2 is 1.77 bits per heavy atom. The van der Waals surface area contributed by atoms with Gasteiger partial charge in [0, 0.05) is 6.42 Å². The van der Waals surface area contributed by atoms with Crippen molar-refractivity contribution in [1.82, 2.24) is 5.32 Å². The van der Waals surface area contributed by atoms with Crippen LogP contribution in [0, 0.1) is 0 Å². The number of rotatable bonds is 10. The van der Waals surface area contributed by atoms with Crippen molar-refractivity contribution in [1.29, 1.82) is 0 Å². The van der Waals surface area contributed by atoms with Crippen molar-refractivity contribution in [3.63, 3.8) is 0 Å². The molecule has 2 aromatic rings. The summed E-state index contributed by atoms with van der Waals surface area (Å²) in [5, 5.41) is 21.5. The molecule has 5 nitrogen and oxygen atoms in total. The van der Waals surface area contributed by atoms with E-state index >= 15 is 0 Å². The van der Waals surface area contributed by atoms with Gasteiger partial charge in [0.1, 0.15) is 5.75 Å². The summed E-state index contributed by atoms with van der Waals surface area (Å²) in [6.45, 7) is 2.04. The number of nitrogens with one attached hydrogen (secondary N) is 1. The van der Waals surface area contributed by atoms with E-state index in [1.54, 1.807) is 19.1 Å². The third-order valence-corrected chi connectivity index (χ3v) is 4.11. The highest BCUT2D eigenvalue weighted by atomic mass is 16.5. The first-order chi connectivity index (χ1) is 12.6. The first-order valence-electron chi connectivity index (χ1n) is 8.90. The maximum absolute atomic E-state index is 12.3. The fourth-order valence-electron chi connectivity index (χ4n) is 2.60. The summed E-state index contributed by atoms with van der Waals surface area (Å²) in [7, 11) is 0. The molecule has 0 radical (unpaired) electrons. The molecule has 0 heterocycles. The second-order valence-electron chi connectivity index (χ2n) is 6.45. The summed E-state index contributed by atoms with van der Waals surface area (Å²) in [5.41, 5.74) is 2.12. The van der Waals surface area contributed by atoms with Crippen LogP contribution < -0.4 is 5.32 Å². The van der Waals surface area contributed by atoms with Crippen molar-refractivity contribution in [2.45, 2.75) is 38.3 Å². The summed E-state index contributed by atoms with van der Waals surface area (Å²) in [5.74, 6) is 0.181. The molecule has 2 rings (SSSR count). The number of hydrogen-bond donors (Lipinski definition) is 3. The van der Waals surface area contributed by atoms with Crippen molar-refractivity contribution >= 4 is 5.91 Å². The highest BCUT2D eigenvalue weighted by molar-refractivity contribution is 5.76. The molecule has 26 heavy (non-hydrogen) atoms. The standard InChI is InChI=1S/C21H27NO4/c1-16(14-23)26-15-19(13-18-7-10-20(24)11-8-18)22-21(25)12-9-17-5-3-2-4-6-17/h2-8,10-11,16,19,23-24H,9,12-15H2,1H3,(H,22,25)/t16-,19-/m1/s1. The van der Waals surface area contributed by atoms with Gasteiger partial charge in [0.15, 0.2) is 0 Å². The van der Waals surface area contributed by atoms with Gasteiger partial charge in [0.25, 0.3) is 0 Å². The number of amides is 1. The third-order valence-electron chi connectivity index (χ3n) is 4.11. The minimum atomic E-state index is -0.279. The molecular weight excluding hydrogens is 330 g/mol. The number of hydrogen-bond acceptors (Lipinski definition) is 4. The molecule has 5 heteroatoms. The summed E-state index contributed by atoms with van der Waals surface area (Å²) in [6.07, 6.45) is 1.41. The van der Waals surface area contributed by atoms with Crippen molar-refractivity contribution in [3.05, 3.63) is 65.7 Å². The first-order valence-corrected chi connectivity index (χ1v) is 8.90. The molecule has 0 fully saturated rings. The van der Waals surface area contributed by atoms with Gasteiger partial charge < -0.3 is 20.3 Å². The Morgan fingerprint density at radius 3 is 2.42 bits per heavy atom. The van der Waals surface area contributed by atoms with Gasteiger partial charge in [-0.15, -0.1) is 0 Å². The smallest absolute Gasteiger partial charge is 0.220 e. The Morgan fingerprint density at radius 1 is 1.08 bits per heavy atom. The molecule has 1 amide bonds. The average Bonchev–Trinajstić information content (AvgIpc) is 2.66. The second kappa shape index (κ2) is 10.6. The molecule has 0 unspecified atom stereocenters. The molecule has 0 aromatic heterocycles. The van der Waals surface area contributed by atoms with E-state index in [4.69, 9.17) is 9.84 Å². The van der Waals surface area contributed by atoms with Crippen molar-refractivity contribution in [2.24, 2.45) is 0 Å². The third kappa shape index (κ3) is 7.25. The first kappa shape index (κ1) is 19.9. The summed E-state index contributed by atoms with van der Waals surface area (Å²) in [4.78, 5) is 12.3. The van der Waals surface area contributed by atoms with Gasteiger partial charge in [-0.05, 0) is 43.0 Å². The predicted octanol–water partition coefficient (Wildman–Crippen LogP) is 2.45. The van der Waals surface area contributed by atoms with E-state index in [1.807, 2.05) is 42.5 Å². The number of aromatic hydroxyl groups is 1. The molecule has 3 N–H and O–H groups in total. The molecule has 2 aromatic carbocycles. The van der Waals surface area contributed by atoms with Crippen LogP contribution in [0.4, 0.5) is 0 Å². The Kier molecular flexibility index (Phi) is 8.12. The van der Waals surface area contributed by atoms with E-state index in [1.165, 1.54) is 0 Å². The molecule has 0 spiro atoms. The van der Waals surface area contributed by atoms with Gasteiger partial charge in [-0.2, -0.15) is 0 Å². The summed E-state index contributed by atoms with van der Waals surface area (Å²) in [6, 6.07) is 16.6. The van der Waals surface area contributed by atoms with Crippen LogP contribution in [0.5, 0.6) is 5.75 Å². The van der Waals surface area contributed by atoms with Crippen LogP contribution in [-0.4, -0.2) is 41.5 Å². The number of aliphatic hydroxyl groups excluding tert-OH is 1. The van der Waals surface area contributed by atoms with Crippen LogP contribution in [-0.2, 0) is 22.4 Å². The molecule has 2 atom stereocenters. The maximum atomic E-state index is 12.3. The monoisotopic (exact) mass is 357 g/mol. The van der Waals surface area contributed by atoms with Gasteiger partial charge in [0.2, 0.25) is 5.91 Å². The van der Waals surface area contributed by atoms with E-state index in [-0.39, 0.29) is 30.4 Å². The van der Waals surface area contributed by atoms with E-state index in [0.29, 0.717) is 25.9 Å². The minimum Gasteiger partial charge on any atom is -0.508 e. The van der Waals surface area contributed by atoms with Crippen LogP contribution in [0.25, 0.3) is 0 Å². The highest BCUT2D eigenvalue weighted by Gasteiger charge is 2.15.